The van der Waals surface area contributed by atoms with E-state index in [9.17, 15) is 4.79 Å². The fourth-order valence-corrected chi connectivity index (χ4v) is 3.88. The smallest absolute Gasteiger partial charge is 0.238 e. The number of nitrogens with zero attached hydrogens (tertiary/aromatic N) is 1. The van der Waals surface area contributed by atoms with E-state index in [2.05, 4.69) is 23.2 Å². The summed E-state index contributed by atoms with van der Waals surface area (Å²) in [4.78, 5) is 14.7. The van der Waals surface area contributed by atoms with E-state index in [4.69, 9.17) is 14.2 Å². The van der Waals surface area contributed by atoms with Gasteiger partial charge in [-0.25, -0.2) is 0 Å². The summed E-state index contributed by atoms with van der Waals surface area (Å²) in [5.41, 5.74) is 4.26. The first-order chi connectivity index (χ1) is 15.0. The van der Waals surface area contributed by atoms with Crippen LogP contribution in [0.3, 0.4) is 0 Å². The summed E-state index contributed by atoms with van der Waals surface area (Å²) in [6.07, 6.45) is 2.08. The molecule has 0 aliphatic carbocycles. The molecule has 1 aliphatic heterocycles. The molecule has 2 aromatic rings. The number of piperidine rings is 1. The van der Waals surface area contributed by atoms with E-state index in [0.29, 0.717) is 19.1 Å². The molecule has 0 radical (unpaired) electrons. The van der Waals surface area contributed by atoms with Gasteiger partial charge in [-0.15, -0.1) is 0 Å². The first-order valence-electron chi connectivity index (χ1n) is 10.9. The number of methoxy groups -OCH3 is 2. The second-order valence-electron chi connectivity index (χ2n) is 8.25. The van der Waals surface area contributed by atoms with Gasteiger partial charge in [0, 0.05) is 18.4 Å². The molecule has 6 nitrogen and oxygen atoms in total. The highest BCUT2D eigenvalue weighted by Gasteiger charge is 2.21. The lowest BCUT2D eigenvalue weighted by Gasteiger charge is -2.31. The molecule has 1 aliphatic rings. The molecule has 1 saturated heterocycles. The highest BCUT2D eigenvalue weighted by Crippen LogP contribution is 2.24. The van der Waals surface area contributed by atoms with Crippen LogP contribution in [-0.2, 0) is 16.1 Å². The molecule has 0 unspecified atom stereocenters. The minimum Gasteiger partial charge on any atom is -0.497 e. The Balaban J connectivity index is 1.39. The van der Waals surface area contributed by atoms with Crippen LogP contribution in [0.2, 0.25) is 0 Å². The van der Waals surface area contributed by atoms with Crippen LogP contribution in [0.4, 0.5) is 5.69 Å². The van der Waals surface area contributed by atoms with Crippen LogP contribution in [0.25, 0.3) is 0 Å². The number of anilines is 1. The molecule has 0 aromatic heterocycles. The molecule has 1 amide bonds. The van der Waals surface area contributed by atoms with Crippen LogP contribution in [0, 0.1) is 19.8 Å². The molecule has 0 atom stereocenters. The Kier molecular flexibility index (Phi) is 8.32. The lowest BCUT2D eigenvalue weighted by Crippen LogP contribution is -2.40. The Bertz CT molecular complexity index is 854. The van der Waals surface area contributed by atoms with Crippen LogP contribution < -0.4 is 14.8 Å². The van der Waals surface area contributed by atoms with Crippen molar-refractivity contribution in [1.29, 1.82) is 0 Å². The zero-order valence-corrected chi connectivity index (χ0v) is 19.1. The predicted octanol–water partition coefficient (Wildman–Crippen LogP) is 4.19. The molecule has 168 valence electrons. The maximum atomic E-state index is 12.5. The average molecular weight is 427 g/mol. The van der Waals surface area contributed by atoms with E-state index in [0.717, 1.165) is 60.9 Å². The number of rotatable bonds is 9. The predicted molar refractivity (Wildman–Crippen MR) is 123 cm³/mol. The molecule has 3 rings (SSSR count). The summed E-state index contributed by atoms with van der Waals surface area (Å²) in [6, 6.07) is 11.8. The van der Waals surface area contributed by atoms with Gasteiger partial charge < -0.3 is 19.5 Å². The quantitative estimate of drug-likeness (QED) is 0.652. The third-order valence-electron chi connectivity index (χ3n) is 5.99. The highest BCUT2D eigenvalue weighted by molar-refractivity contribution is 5.93. The van der Waals surface area contributed by atoms with E-state index in [1.54, 1.807) is 14.2 Å². The molecular formula is C25H34N2O4. The number of likely N-dealkylation sites (tertiary alicyclic amines) is 1. The van der Waals surface area contributed by atoms with Crippen LogP contribution in [0.15, 0.2) is 36.4 Å². The van der Waals surface area contributed by atoms with Crippen molar-refractivity contribution in [3.8, 4) is 11.5 Å². The van der Waals surface area contributed by atoms with E-state index in [-0.39, 0.29) is 5.91 Å². The number of hydrogen-bond acceptors (Lipinski definition) is 5. The molecule has 6 heteroatoms. The van der Waals surface area contributed by atoms with Crippen molar-refractivity contribution < 1.29 is 19.0 Å². The SMILES string of the molecule is COc1cc(COCC2CCN(CC(=O)Nc3cccc(C)c3C)CC2)cc(OC)c1. The third-order valence-corrected chi connectivity index (χ3v) is 5.99. The van der Waals surface area contributed by atoms with Gasteiger partial charge in [0.1, 0.15) is 11.5 Å². The van der Waals surface area contributed by atoms with Gasteiger partial charge in [0.2, 0.25) is 5.91 Å². The minimum absolute atomic E-state index is 0.0513. The van der Waals surface area contributed by atoms with E-state index >= 15 is 0 Å². The lowest BCUT2D eigenvalue weighted by molar-refractivity contribution is -0.117. The Morgan fingerprint density at radius 2 is 1.74 bits per heavy atom. The summed E-state index contributed by atoms with van der Waals surface area (Å²) >= 11 is 0. The maximum Gasteiger partial charge on any atom is 0.238 e. The van der Waals surface area contributed by atoms with Gasteiger partial charge in [0.15, 0.2) is 0 Å². The van der Waals surface area contributed by atoms with Gasteiger partial charge in [0.25, 0.3) is 0 Å². The van der Waals surface area contributed by atoms with Gasteiger partial charge in [-0.3, -0.25) is 9.69 Å². The molecule has 1 fully saturated rings. The number of amides is 1. The van der Waals surface area contributed by atoms with Gasteiger partial charge in [0.05, 0.1) is 27.4 Å². The molecule has 1 N–H and O–H groups in total. The monoisotopic (exact) mass is 426 g/mol. The Morgan fingerprint density at radius 3 is 2.39 bits per heavy atom. The molecular weight excluding hydrogens is 392 g/mol. The van der Waals surface area contributed by atoms with E-state index < -0.39 is 0 Å². The fourth-order valence-electron chi connectivity index (χ4n) is 3.88. The molecule has 2 aromatic carbocycles. The van der Waals surface area contributed by atoms with Gasteiger partial charge in [-0.05, 0) is 80.6 Å². The highest BCUT2D eigenvalue weighted by atomic mass is 16.5. The van der Waals surface area contributed by atoms with Crippen molar-refractivity contribution in [2.45, 2.75) is 33.3 Å². The minimum atomic E-state index is 0.0513. The number of benzene rings is 2. The number of aryl methyl sites for hydroxylation is 1. The number of carbonyl (C=O) groups is 1. The standard InChI is InChI=1S/C25H34N2O4/c1-18-6-5-7-24(19(18)2)26-25(28)15-27-10-8-20(9-11-27)16-31-17-21-12-22(29-3)14-23(13-21)30-4/h5-7,12-14,20H,8-11,15-17H2,1-4H3,(H,26,28). The largest absolute Gasteiger partial charge is 0.497 e. The summed E-state index contributed by atoms with van der Waals surface area (Å²) in [5, 5.41) is 3.05. The Morgan fingerprint density at radius 1 is 1.06 bits per heavy atom. The fraction of sp³-hybridized carbons (Fsp3) is 0.480. The van der Waals surface area contributed by atoms with Crippen LogP contribution in [0.5, 0.6) is 11.5 Å². The number of hydrogen-bond donors (Lipinski definition) is 1. The van der Waals surface area contributed by atoms with Crippen LogP contribution in [0.1, 0.15) is 29.5 Å². The maximum absolute atomic E-state index is 12.5. The van der Waals surface area contributed by atoms with Crippen LogP contribution >= 0.6 is 0 Å². The second kappa shape index (κ2) is 11.2. The van der Waals surface area contributed by atoms with Crippen molar-refractivity contribution in [2.75, 3.05) is 45.8 Å². The summed E-state index contributed by atoms with van der Waals surface area (Å²) < 4.78 is 16.6. The number of nitrogens with one attached hydrogen (secondary N) is 1. The molecule has 0 spiro atoms. The van der Waals surface area contributed by atoms with Gasteiger partial charge >= 0.3 is 0 Å². The first kappa shape index (κ1) is 23.1. The molecule has 1 heterocycles. The summed E-state index contributed by atoms with van der Waals surface area (Å²) in [5.74, 6) is 2.11. The molecule has 0 bridgehead atoms. The van der Waals surface area contributed by atoms with E-state index in [1.165, 1.54) is 5.56 Å². The summed E-state index contributed by atoms with van der Waals surface area (Å²) in [7, 11) is 3.30. The van der Waals surface area contributed by atoms with E-state index in [1.807, 2.05) is 37.3 Å². The summed E-state index contributed by atoms with van der Waals surface area (Å²) in [6.45, 7) is 7.63. The normalized spacial score (nSPS) is 15.0. The van der Waals surface area contributed by atoms with Gasteiger partial charge in [-0.1, -0.05) is 12.1 Å². The molecule has 0 saturated carbocycles. The van der Waals surface area contributed by atoms with Crippen molar-refractivity contribution in [3.63, 3.8) is 0 Å². The average Bonchev–Trinajstić information content (AvgIpc) is 2.78. The van der Waals surface area contributed by atoms with Crippen molar-refractivity contribution in [3.05, 3.63) is 53.1 Å². The van der Waals surface area contributed by atoms with Crippen molar-refractivity contribution in [2.24, 2.45) is 5.92 Å². The Labute approximate surface area is 185 Å². The van der Waals surface area contributed by atoms with Gasteiger partial charge in [-0.2, -0.15) is 0 Å². The molecule has 31 heavy (non-hydrogen) atoms. The van der Waals surface area contributed by atoms with Crippen LogP contribution in [-0.4, -0.2) is 51.3 Å². The zero-order valence-electron chi connectivity index (χ0n) is 19.1. The second-order valence-corrected chi connectivity index (χ2v) is 8.25. The van der Waals surface area contributed by atoms with Crippen molar-refractivity contribution >= 4 is 11.6 Å². The third kappa shape index (κ3) is 6.71. The lowest BCUT2D eigenvalue weighted by atomic mass is 9.98. The van der Waals surface area contributed by atoms with Crippen molar-refractivity contribution in [1.82, 2.24) is 4.90 Å². The Hall–Kier alpha value is -2.57. The zero-order chi connectivity index (χ0) is 22.2. The first-order valence-corrected chi connectivity index (χ1v) is 10.9. The number of ether oxygens (including phenoxy) is 3. The topological polar surface area (TPSA) is 60.0 Å². The number of carbonyl (C=O) groups excluding carboxylic acids is 1.